The molecule has 0 saturated carbocycles. The molecule has 1 aliphatic heterocycles. The predicted molar refractivity (Wildman–Crippen MR) is 55.4 cm³/mol. The van der Waals surface area contributed by atoms with Crippen LogP contribution in [0.15, 0.2) is 22.8 Å². The average molecular weight is 277 g/mol. The first-order chi connectivity index (χ1) is 8.78. The van der Waals surface area contributed by atoms with Gasteiger partial charge in [0.15, 0.2) is 11.2 Å². The molecule has 1 atom stereocenters. The van der Waals surface area contributed by atoms with Crippen molar-refractivity contribution in [2.75, 3.05) is 13.1 Å². The summed E-state index contributed by atoms with van der Waals surface area (Å²) in [4.78, 5) is 23.6. The van der Waals surface area contributed by atoms with Crippen LogP contribution in [0.4, 0.5) is 13.2 Å². The molecule has 0 spiro atoms. The Balaban J connectivity index is 2.23. The number of carboxylic acid groups (broad SMARTS) is 1. The van der Waals surface area contributed by atoms with Gasteiger partial charge in [-0.25, -0.2) is 0 Å². The van der Waals surface area contributed by atoms with Crippen LogP contribution in [-0.2, 0) is 4.79 Å². The zero-order valence-electron chi connectivity index (χ0n) is 9.61. The molecule has 1 N–H and O–H groups in total. The minimum absolute atomic E-state index is 0.108. The molecule has 0 radical (unpaired) electrons. The van der Waals surface area contributed by atoms with Gasteiger partial charge in [-0.15, -0.1) is 0 Å². The molecule has 0 bridgehead atoms. The highest BCUT2D eigenvalue weighted by Gasteiger charge is 2.64. The molecule has 1 aliphatic rings. The summed E-state index contributed by atoms with van der Waals surface area (Å²) in [7, 11) is 0. The van der Waals surface area contributed by atoms with Crippen molar-refractivity contribution < 1.29 is 32.3 Å². The van der Waals surface area contributed by atoms with Crippen LogP contribution < -0.4 is 0 Å². The fourth-order valence-electron chi connectivity index (χ4n) is 2.07. The van der Waals surface area contributed by atoms with Gasteiger partial charge in [-0.05, 0) is 18.6 Å². The van der Waals surface area contributed by atoms with Gasteiger partial charge in [-0.2, -0.15) is 13.2 Å². The van der Waals surface area contributed by atoms with Gasteiger partial charge in [0.2, 0.25) is 0 Å². The van der Waals surface area contributed by atoms with E-state index in [0.29, 0.717) is 0 Å². The van der Waals surface area contributed by atoms with Gasteiger partial charge in [0.1, 0.15) is 0 Å². The molecule has 104 valence electrons. The van der Waals surface area contributed by atoms with Gasteiger partial charge in [0.05, 0.1) is 6.26 Å². The second-order valence-electron chi connectivity index (χ2n) is 4.34. The van der Waals surface area contributed by atoms with Gasteiger partial charge in [0, 0.05) is 13.1 Å². The molecule has 1 aromatic heterocycles. The Bertz CT molecular complexity index is 497. The molecular formula is C11H10F3NO4. The Morgan fingerprint density at radius 1 is 1.42 bits per heavy atom. The first-order valence-corrected chi connectivity index (χ1v) is 5.41. The lowest BCUT2D eigenvalue weighted by Gasteiger charge is -2.26. The van der Waals surface area contributed by atoms with Crippen molar-refractivity contribution in [3.8, 4) is 0 Å². The number of amides is 1. The van der Waals surface area contributed by atoms with E-state index in [9.17, 15) is 22.8 Å². The van der Waals surface area contributed by atoms with E-state index in [0.717, 1.165) is 4.90 Å². The topological polar surface area (TPSA) is 70.8 Å². The minimum Gasteiger partial charge on any atom is -0.481 e. The van der Waals surface area contributed by atoms with Crippen LogP contribution in [0.3, 0.4) is 0 Å². The maximum absolute atomic E-state index is 12.9. The van der Waals surface area contributed by atoms with E-state index in [4.69, 9.17) is 9.52 Å². The van der Waals surface area contributed by atoms with Crippen LogP contribution in [0, 0.1) is 5.41 Å². The van der Waals surface area contributed by atoms with Crippen molar-refractivity contribution in [3.63, 3.8) is 0 Å². The maximum Gasteiger partial charge on any atom is 0.406 e. The summed E-state index contributed by atoms with van der Waals surface area (Å²) in [6.07, 6.45) is -4.34. The van der Waals surface area contributed by atoms with E-state index in [1.54, 1.807) is 0 Å². The number of halogens is 3. The van der Waals surface area contributed by atoms with Crippen LogP contribution in [0.1, 0.15) is 17.0 Å². The van der Waals surface area contributed by atoms with Crippen LogP contribution in [0.5, 0.6) is 0 Å². The van der Waals surface area contributed by atoms with Gasteiger partial charge in [-0.1, -0.05) is 0 Å². The Hall–Kier alpha value is -1.99. The molecule has 5 nitrogen and oxygen atoms in total. The number of carbonyl (C=O) groups is 2. The molecule has 1 fully saturated rings. The number of aliphatic carboxylic acids is 1. The summed E-state index contributed by atoms with van der Waals surface area (Å²) < 4.78 is 43.5. The number of carboxylic acids is 1. The highest BCUT2D eigenvalue weighted by molar-refractivity contribution is 5.92. The smallest absolute Gasteiger partial charge is 0.406 e. The molecule has 0 aliphatic carbocycles. The number of furan rings is 1. The fourth-order valence-corrected chi connectivity index (χ4v) is 2.07. The summed E-state index contributed by atoms with van der Waals surface area (Å²) in [6, 6.07) is 2.74. The zero-order chi connectivity index (χ0) is 14.3. The van der Waals surface area contributed by atoms with E-state index >= 15 is 0 Å². The maximum atomic E-state index is 12.9. The molecule has 1 unspecified atom stereocenters. The van der Waals surface area contributed by atoms with Crippen LogP contribution in [0.25, 0.3) is 0 Å². The Morgan fingerprint density at radius 3 is 2.53 bits per heavy atom. The number of alkyl halides is 3. The molecule has 8 heteroatoms. The van der Waals surface area contributed by atoms with Gasteiger partial charge >= 0.3 is 12.1 Å². The van der Waals surface area contributed by atoms with Crippen molar-refractivity contribution in [1.29, 1.82) is 0 Å². The molecule has 2 rings (SSSR count). The normalized spacial score (nSPS) is 23.6. The monoisotopic (exact) mass is 277 g/mol. The average Bonchev–Trinajstić information content (AvgIpc) is 2.97. The van der Waals surface area contributed by atoms with Crippen molar-refractivity contribution in [2.45, 2.75) is 12.6 Å². The molecule has 1 amide bonds. The van der Waals surface area contributed by atoms with Gasteiger partial charge < -0.3 is 14.4 Å². The van der Waals surface area contributed by atoms with Crippen molar-refractivity contribution in [3.05, 3.63) is 24.2 Å². The minimum atomic E-state index is -4.91. The fraction of sp³-hybridized carbons (Fsp3) is 0.455. The standard InChI is InChI=1S/C11H10F3NO4/c12-11(13,14)10(9(17)18)3-4-15(6-10)8(16)7-2-1-5-19-7/h1-2,5H,3-4,6H2,(H,17,18). The van der Waals surface area contributed by atoms with Crippen molar-refractivity contribution >= 4 is 11.9 Å². The number of carbonyl (C=O) groups excluding carboxylic acids is 1. The number of nitrogens with zero attached hydrogens (tertiary/aromatic N) is 1. The summed E-state index contributed by atoms with van der Waals surface area (Å²) in [5.74, 6) is -2.81. The van der Waals surface area contributed by atoms with Crippen molar-refractivity contribution in [2.24, 2.45) is 5.41 Å². The van der Waals surface area contributed by atoms with E-state index in [1.165, 1.54) is 18.4 Å². The molecule has 2 heterocycles. The quantitative estimate of drug-likeness (QED) is 0.894. The largest absolute Gasteiger partial charge is 0.481 e. The van der Waals surface area contributed by atoms with Gasteiger partial charge in [0.25, 0.3) is 5.91 Å². The number of likely N-dealkylation sites (tertiary alicyclic amines) is 1. The first kappa shape index (κ1) is 13.4. The third kappa shape index (κ3) is 2.06. The summed E-state index contributed by atoms with van der Waals surface area (Å²) >= 11 is 0. The molecule has 19 heavy (non-hydrogen) atoms. The number of hydrogen-bond acceptors (Lipinski definition) is 3. The summed E-state index contributed by atoms with van der Waals surface area (Å²) in [5.41, 5.74) is -2.89. The lowest BCUT2D eigenvalue weighted by molar-refractivity contribution is -0.227. The molecule has 1 aromatic rings. The SMILES string of the molecule is O=C(c1ccco1)N1CCC(C(=O)O)(C(F)(F)F)C1. The lowest BCUT2D eigenvalue weighted by atomic mass is 9.86. The highest BCUT2D eigenvalue weighted by atomic mass is 19.4. The van der Waals surface area contributed by atoms with E-state index < -0.39 is 36.4 Å². The van der Waals surface area contributed by atoms with Gasteiger partial charge in [-0.3, -0.25) is 9.59 Å². The Morgan fingerprint density at radius 2 is 2.11 bits per heavy atom. The summed E-state index contributed by atoms with van der Waals surface area (Å²) in [6.45, 7) is -1.17. The first-order valence-electron chi connectivity index (χ1n) is 5.41. The van der Waals surface area contributed by atoms with Crippen LogP contribution in [-0.4, -0.2) is 41.1 Å². The second-order valence-corrected chi connectivity index (χ2v) is 4.34. The lowest BCUT2D eigenvalue weighted by Crippen LogP contribution is -2.47. The van der Waals surface area contributed by atoms with E-state index in [-0.39, 0.29) is 12.3 Å². The third-order valence-electron chi connectivity index (χ3n) is 3.24. The molecule has 1 saturated heterocycles. The molecular weight excluding hydrogens is 267 g/mol. The zero-order valence-corrected chi connectivity index (χ0v) is 9.61. The van der Waals surface area contributed by atoms with Crippen molar-refractivity contribution in [1.82, 2.24) is 4.90 Å². The van der Waals surface area contributed by atoms with E-state index in [2.05, 4.69) is 0 Å². The predicted octanol–water partition coefficient (Wildman–Crippen LogP) is 1.76. The number of rotatable bonds is 2. The van der Waals surface area contributed by atoms with Crippen LogP contribution in [0.2, 0.25) is 0 Å². The second kappa shape index (κ2) is 4.29. The number of hydrogen-bond donors (Lipinski definition) is 1. The Kier molecular flexibility index (Phi) is 3.03. The Labute approximate surface area is 105 Å². The highest BCUT2D eigenvalue weighted by Crippen LogP contribution is 2.45. The van der Waals surface area contributed by atoms with E-state index in [1.807, 2.05) is 0 Å². The van der Waals surface area contributed by atoms with Crippen LogP contribution >= 0.6 is 0 Å². The third-order valence-corrected chi connectivity index (χ3v) is 3.24. The molecule has 0 aromatic carbocycles. The summed E-state index contributed by atoms with van der Waals surface area (Å²) in [5, 5.41) is 8.85.